The molecule has 2 unspecified atom stereocenters. The molecule has 1 heterocycles. The van der Waals surface area contributed by atoms with Crippen LogP contribution in [0.4, 0.5) is 0 Å². The van der Waals surface area contributed by atoms with E-state index in [-0.39, 0.29) is 17.9 Å². The minimum absolute atomic E-state index is 0.0151. The Hall–Kier alpha value is -0.680. The van der Waals surface area contributed by atoms with Crippen LogP contribution < -0.4 is 5.73 Å². The number of amides is 1. The van der Waals surface area contributed by atoms with E-state index in [9.17, 15) is 4.79 Å². The van der Waals surface area contributed by atoms with Gasteiger partial charge in [0.25, 0.3) is 0 Å². The Bertz CT molecular complexity index is 271. The first-order valence-corrected chi connectivity index (χ1v) is 6.12. The molecule has 0 aliphatic carbocycles. The molecule has 92 valence electrons. The lowest BCUT2D eigenvalue weighted by molar-refractivity contribution is -0.135. The van der Waals surface area contributed by atoms with Crippen molar-refractivity contribution in [1.82, 2.24) is 4.90 Å². The van der Waals surface area contributed by atoms with Gasteiger partial charge in [-0.3, -0.25) is 4.79 Å². The molecule has 2 atom stereocenters. The number of nitrogens with zero attached hydrogens (tertiary/aromatic N) is 1. The molecule has 0 bridgehead atoms. The summed E-state index contributed by atoms with van der Waals surface area (Å²) in [5.74, 6) is 0.168. The Morgan fingerprint density at radius 2 is 2.31 bits per heavy atom. The average Bonchev–Trinajstić information content (AvgIpc) is 2.72. The molecule has 0 radical (unpaired) electrons. The molecule has 1 rings (SSSR count). The molecule has 0 aromatic carbocycles. The van der Waals surface area contributed by atoms with Gasteiger partial charge in [-0.2, -0.15) is 0 Å². The van der Waals surface area contributed by atoms with Gasteiger partial charge in [0, 0.05) is 26.6 Å². The van der Waals surface area contributed by atoms with Crippen LogP contribution in [0, 0.1) is 5.92 Å². The number of hydrogen-bond acceptors (Lipinski definition) is 3. The summed E-state index contributed by atoms with van der Waals surface area (Å²) in [4.78, 5) is 14.3. The van der Waals surface area contributed by atoms with E-state index in [1.54, 1.807) is 11.9 Å². The van der Waals surface area contributed by atoms with Gasteiger partial charge in [-0.1, -0.05) is 19.1 Å². The fourth-order valence-electron chi connectivity index (χ4n) is 2.00. The van der Waals surface area contributed by atoms with Crippen LogP contribution in [0.3, 0.4) is 0 Å². The topological polar surface area (TPSA) is 55.6 Å². The highest BCUT2D eigenvalue weighted by atomic mass is 32.1. The second-order valence-electron chi connectivity index (χ2n) is 4.19. The average molecular weight is 244 g/mol. The first-order chi connectivity index (χ1) is 7.56. The number of nitrogens with two attached hydrogens (primary N) is 1. The van der Waals surface area contributed by atoms with Crippen LogP contribution in [0.25, 0.3) is 0 Å². The second kappa shape index (κ2) is 6.15. The van der Waals surface area contributed by atoms with E-state index in [0.29, 0.717) is 24.6 Å². The Labute approximate surface area is 102 Å². The van der Waals surface area contributed by atoms with Gasteiger partial charge < -0.3 is 15.4 Å². The number of rotatable bonds is 5. The van der Waals surface area contributed by atoms with Gasteiger partial charge in [-0.15, -0.1) is 0 Å². The van der Waals surface area contributed by atoms with Crippen molar-refractivity contribution in [3.8, 4) is 0 Å². The monoisotopic (exact) mass is 244 g/mol. The maximum Gasteiger partial charge on any atom is 0.228 e. The van der Waals surface area contributed by atoms with Crippen molar-refractivity contribution in [2.24, 2.45) is 11.7 Å². The molecule has 16 heavy (non-hydrogen) atoms. The Morgan fingerprint density at radius 3 is 2.88 bits per heavy atom. The van der Waals surface area contributed by atoms with Crippen LogP contribution in [0.1, 0.15) is 26.2 Å². The van der Waals surface area contributed by atoms with Crippen molar-refractivity contribution in [2.75, 3.05) is 20.2 Å². The molecule has 1 fully saturated rings. The molecular formula is C11H20N2O2S. The molecule has 0 aromatic rings. The molecular weight excluding hydrogens is 224 g/mol. The minimum atomic E-state index is 0.0151. The van der Waals surface area contributed by atoms with Gasteiger partial charge in [0.05, 0.1) is 17.0 Å². The van der Waals surface area contributed by atoms with Crippen LogP contribution in [0.15, 0.2) is 0 Å². The standard InChI is InChI=1S/C11H20N2O2S/c1-3-9-8(5-7-15-9)11(14)13(2)6-4-10(12)16/h8-9H,3-7H2,1-2H3,(H2,12,16). The van der Waals surface area contributed by atoms with E-state index in [2.05, 4.69) is 0 Å². The van der Waals surface area contributed by atoms with Gasteiger partial charge in [0.2, 0.25) is 5.91 Å². The smallest absolute Gasteiger partial charge is 0.228 e. The zero-order chi connectivity index (χ0) is 12.1. The molecule has 0 saturated carbocycles. The Morgan fingerprint density at radius 1 is 1.62 bits per heavy atom. The van der Waals surface area contributed by atoms with Crippen LogP contribution in [-0.2, 0) is 9.53 Å². The summed E-state index contributed by atoms with van der Waals surface area (Å²) in [5, 5.41) is 0. The molecule has 4 nitrogen and oxygen atoms in total. The summed E-state index contributed by atoms with van der Waals surface area (Å²) in [6.45, 7) is 3.34. The van der Waals surface area contributed by atoms with Crippen molar-refractivity contribution in [2.45, 2.75) is 32.3 Å². The number of carbonyl (C=O) groups excluding carboxylic acids is 1. The lowest BCUT2D eigenvalue weighted by Crippen LogP contribution is -2.38. The van der Waals surface area contributed by atoms with E-state index in [0.717, 1.165) is 12.8 Å². The zero-order valence-corrected chi connectivity index (χ0v) is 10.8. The van der Waals surface area contributed by atoms with E-state index in [1.165, 1.54) is 0 Å². The van der Waals surface area contributed by atoms with Gasteiger partial charge >= 0.3 is 0 Å². The first kappa shape index (κ1) is 13.4. The summed E-state index contributed by atoms with van der Waals surface area (Å²) in [6.07, 6.45) is 2.38. The quantitative estimate of drug-likeness (QED) is 0.731. The van der Waals surface area contributed by atoms with Crippen LogP contribution in [-0.4, -0.2) is 42.1 Å². The normalized spacial score (nSPS) is 24.4. The Kier molecular flexibility index (Phi) is 5.15. The molecule has 1 aliphatic heterocycles. The van der Waals surface area contributed by atoms with Crippen molar-refractivity contribution >= 4 is 23.1 Å². The molecule has 1 amide bonds. The van der Waals surface area contributed by atoms with Crippen molar-refractivity contribution in [3.05, 3.63) is 0 Å². The van der Waals surface area contributed by atoms with E-state index in [4.69, 9.17) is 22.7 Å². The Balaban J connectivity index is 2.46. The van der Waals surface area contributed by atoms with Crippen molar-refractivity contribution in [1.29, 1.82) is 0 Å². The third-order valence-corrected chi connectivity index (χ3v) is 3.20. The largest absolute Gasteiger partial charge is 0.393 e. The fourth-order valence-corrected chi connectivity index (χ4v) is 2.10. The van der Waals surface area contributed by atoms with Crippen LogP contribution >= 0.6 is 12.2 Å². The summed E-state index contributed by atoms with van der Waals surface area (Å²) >= 11 is 4.80. The summed E-state index contributed by atoms with van der Waals surface area (Å²) in [7, 11) is 1.80. The van der Waals surface area contributed by atoms with Crippen molar-refractivity contribution in [3.63, 3.8) is 0 Å². The summed E-state index contributed by atoms with van der Waals surface area (Å²) < 4.78 is 5.51. The van der Waals surface area contributed by atoms with Gasteiger partial charge in [0.1, 0.15) is 0 Å². The first-order valence-electron chi connectivity index (χ1n) is 5.71. The van der Waals surface area contributed by atoms with Crippen molar-refractivity contribution < 1.29 is 9.53 Å². The molecule has 1 aliphatic rings. The van der Waals surface area contributed by atoms with E-state index >= 15 is 0 Å². The number of thiocarbonyl (C=S) groups is 1. The highest BCUT2D eigenvalue weighted by molar-refractivity contribution is 7.80. The van der Waals surface area contributed by atoms with Crippen LogP contribution in [0.5, 0.6) is 0 Å². The summed E-state index contributed by atoms with van der Waals surface area (Å²) in [5.41, 5.74) is 5.42. The number of carbonyl (C=O) groups is 1. The lowest BCUT2D eigenvalue weighted by Gasteiger charge is -2.23. The molecule has 1 saturated heterocycles. The highest BCUT2D eigenvalue weighted by Gasteiger charge is 2.34. The van der Waals surface area contributed by atoms with Gasteiger partial charge in [-0.05, 0) is 12.8 Å². The zero-order valence-electron chi connectivity index (χ0n) is 9.94. The van der Waals surface area contributed by atoms with E-state index in [1.807, 2.05) is 6.92 Å². The molecule has 0 spiro atoms. The minimum Gasteiger partial charge on any atom is -0.393 e. The third kappa shape index (κ3) is 3.42. The second-order valence-corrected chi connectivity index (χ2v) is 4.71. The van der Waals surface area contributed by atoms with Gasteiger partial charge in [0.15, 0.2) is 0 Å². The van der Waals surface area contributed by atoms with Crippen LogP contribution in [0.2, 0.25) is 0 Å². The van der Waals surface area contributed by atoms with E-state index < -0.39 is 0 Å². The predicted octanol–water partition coefficient (Wildman–Crippen LogP) is 0.936. The SMILES string of the molecule is CCC1OCCC1C(=O)N(C)CCC(N)=S. The summed E-state index contributed by atoms with van der Waals surface area (Å²) in [6, 6.07) is 0. The molecule has 5 heteroatoms. The molecule has 2 N–H and O–H groups in total. The maximum atomic E-state index is 12.1. The lowest BCUT2D eigenvalue weighted by atomic mass is 9.98. The fraction of sp³-hybridized carbons (Fsp3) is 0.818. The third-order valence-electron chi connectivity index (χ3n) is 3.00. The number of ether oxygens (including phenoxy) is 1. The highest BCUT2D eigenvalue weighted by Crippen LogP contribution is 2.25. The van der Waals surface area contributed by atoms with Gasteiger partial charge in [-0.25, -0.2) is 0 Å². The predicted molar refractivity (Wildman–Crippen MR) is 67.2 cm³/mol. The maximum absolute atomic E-state index is 12.1. The number of hydrogen-bond donors (Lipinski definition) is 1. The molecule has 0 aromatic heterocycles.